The maximum atomic E-state index is 13.4. The van der Waals surface area contributed by atoms with Crippen molar-refractivity contribution in [1.82, 2.24) is 5.32 Å². The standard InChI is InChI=1S/C16H23F2NO/c1-2-8-19-16(11-13-5-3-4-9-20-13)12-6-7-14(17)15(18)10-12/h6-7,10,13,16,19H,2-5,8-9,11H2,1H3. The Labute approximate surface area is 119 Å². The molecule has 2 nitrogen and oxygen atoms in total. The molecule has 0 aromatic heterocycles. The second kappa shape index (κ2) is 7.70. The van der Waals surface area contributed by atoms with Crippen molar-refractivity contribution in [3.05, 3.63) is 35.4 Å². The predicted molar refractivity (Wildman–Crippen MR) is 75.6 cm³/mol. The van der Waals surface area contributed by atoms with Gasteiger partial charge in [-0.25, -0.2) is 8.78 Å². The van der Waals surface area contributed by atoms with Crippen LogP contribution in [0.25, 0.3) is 0 Å². The van der Waals surface area contributed by atoms with Crippen LogP contribution in [0.4, 0.5) is 8.78 Å². The van der Waals surface area contributed by atoms with Crippen molar-refractivity contribution >= 4 is 0 Å². The Bertz CT molecular complexity index is 419. The second-order valence-electron chi connectivity index (χ2n) is 5.40. The molecule has 1 aromatic rings. The van der Waals surface area contributed by atoms with Crippen molar-refractivity contribution in [3.63, 3.8) is 0 Å². The third kappa shape index (κ3) is 4.25. The van der Waals surface area contributed by atoms with Gasteiger partial charge in [0.2, 0.25) is 0 Å². The van der Waals surface area contributed by atoms with Crippen LogP contribution in [0.5, 0.6) is 0 Å². The highest BCUT2D eigenvalue weighted by Crippen LogP contribution is 2.26. The summed E-state index contributed by atoms with van der Waals surface area (Å²) in [6.45, 7) is 3.76. The van der Waals surface area contributed by atoms with E-state index in [4.69, 9.17) is 4.74 Å². The van der Waals surface area contributed by atoms with E-state index in [1.54, 1.807) is 6.07 Å². The summed E-state index contributed by atoms with van der Waals surface area (Å²) < 4.78 is 32.2. The molecular formula is C16H23F2NO. The first-order valence-corrected chi connectivity index (χ1v) is 7.50. The van der Waals surface area contributed by atoms with E-state index in [0.717, 1.165) is 44.4 Å². The molecule has 20 heavy (non-hydrogen) atoms. The van der Waals surface area contributed by atoms with E-state index in [9.17, 15) is 8.78 Å². The molecule has 112 valence electrons. The molecule has 0 amide bonds. The molecular weight excluding hydrogens is 260 g/mol. The van der Waals surface area contributed by atoms with Gasteiger partial charge in [0.1, 0.15) is 0 Å². The van der Waals surface area contributed by atoms with Crippen molar-refractivity contribution in [2.75, 3.05) is 13.2 Å². The van der Waals surface area contributed by atoms with Gasteiger partial charge in [-0.15, -0.1) is 0 Å². The smallest absolute Gasteiger partial charge is 0.159 e. The van der Waals surface area contributed by atoms with Gasteiger partial charge >= 0.3 is 0 Å². The fourth-order valence-corrected chi connectivity index (χ4v) is 2.64. The molecule has 0 aliphatic carbocycles. The monoisotopic (exact) mass is 283 g/mol. The maximum Gasteiger partial charge on any atom is 0.159 e. The first kappa shape index (κ1) is 15.4. The van der Waals surface area contributed by atoms with E-state index in [1.165, 1.54) is 18.6 Å². The van der Waals surface area contributed by atoms with Crippen molar-refractivity contribution in [2.24, 2.45) is 0 Å². The molecule has 1 aliphatic heterocycles. The van der Waals surface area contributed by atoms with Crippen LogP contribution in [-0.4, -0.2) is 19.3 Å². The van der Waals surface area contributed by atoms with Gasteiger partial charge in [-0.1, -0.05) is 13.0 Å². The van der Waals surface area contributed by atoms with Crippen LogP contribution in [0.2, 0.25) is 0 Å². The van der Waals surface area contributed by atoms with Crippen LogP contribution in [0.15, 0.2) is 18.2 Å². The van der Waals surface area contributed by atoms with Crippen molar-refractivity contribution in [2.45, 2.75) is 51.2 Å². The zero-order valence-electron chi connectivity index (χ0n) is 12.0. The average Bonchev–Trinajstić information content (AvgIpc) is 2.47. The third-order valence-electron chi connectivity index (χ3n) is 3.76. The second-order valence-corrected chi connectivity index (χ2v) is 5.40. The quantitative estimate of drug-likeness (QED) is 0.853. The Morgan fingerprint density at radius 1 is 1.30 bits per heavy atom. The van der Waals surface area contributed by atoms with Crippen LogP contribution in [-0.2, 0) is 4.74 Å². The fraction of sp³-hybridized carbons (Fsp3) is 0.625. The molecule has 1 saturated heterocycles. The summed E-state index contributed by atoms with van der Waals surface area (Å²) in [7, 11) is 0. The van der Waals surface area contributed by atoms with Crippen LogP contribution in [0.1, 0.15) is 50.6 Å². The molecule has 2 unspecified atom stereocenters. The highest BCUT2D eigenvalue weighted by Gasteiger charge is 2.21. The number of benzene rings is 1. The molecule has 4 heteroatoms. The summed E-state index contributed by atoms with van der Waals surface area (Å²) in [5.41, 5.74) is 0.798. The third-order valence-corrected chi connectivity index (χ3v) is 3.76. The minimum absolute atomic E-state index is 0.0214. The lowest BCUT2D eigenvalue weighted by Gasteiger charge is -2.28. The van der Waals surface area contributed by atoms with Gasteiger partial charge in [0.05, 0.1) is 6.10 Å². The topological polar surface area (TPSA) is 21.3 Å². The van der Waals surface area contributed by atoms with E-state index in [0.29, 0.717) is 0 Å². The van der Waals surface area contributed by atoms with Crippen LogP contribution >= 0.6 is 0 Å². The lowest BCUT2D eigenvalue weighted by molar-refractivity contribution is 0.00503. The zero-order valence-corrected chi connectivity index (χ0v) is 12.0. The van der Waals surface area contributed by atoms with E-state index in [2.05, 4.69) is 12.2 Å². The summed E-state index contributed by atoms with van der Waals surface area (Å²) >= 11 is 0. The van der Waals surface area contributed by atoms with Crippen LogP contribution < -0.4 is 5.32 Å². The van der Waals surface area contributed by atoms with E-state index < -0.39 is 11.6 Å². The largest absolute Gasteiger partial charge is 0.378 e. The molecule has 1 fully saturated rings. The molecule has 2 atom stereocenters. The van der Waals surface area contributed by atoms with Crippen molar-refractivity contribution in [3.8, 4) is 0 Å². The number of halogens is 2. The predicted octanol–water partition coefficient (Wildman–Crippen LogP) is 3.96. The molecule has 0 spiro atoms. The Balaban J connectivity index is 2.06. The molecule has 1 aromatic carbocycles. The van der Waals surface area contributed by atoms with Crippen molar-refractivity contribution < 1.29 is 13.5 Å². The Morgan fingerprint density at radius 3 is 2.80 bits per heavy atom. The molecule has 1 N–H and O–H groups in total. The lowest BCUT2D eigenvalue weighted by atomic mass is 9.96. The Hall–Kier alpha value is -1.00. The van der Waals surface area contributed by atoms with Gasteiger partial charge in [-0.2, -0.15) is 0 Å². The number of hydrogen-bond donors (Lipinski definition) is 1. The Kier molecular flexibility index (Phi) is 5.92. The van der Waals surface area contributed by atoms with E-state index >= 15 is 0 Å². The first-order chi connectivity index (χ1) is 9.70. The molecule has 1 aliphatic rings. The summed E-state index contributed by atoms with van der Waals surface area (Å²) in [5.74, 6) is -1.58. The van der Waals surface area contributed by atoms with Gasteiger partial charge in [-0.05, 0) is 56.3 Å². The highest BCUT2D eigenvalue weighted by molar-refractivity contribution is 5.21. The maximum absolute atomic E-state index is 13.4. The first-order valence-electron chi connectivity index (χ1n) is 7.50. The minimum atomic E-state index is -0.795. The molecule has 0 bridgehead atoms. The van der Waals surface area contributed by atoms with E-state index in [-0.39, 0.29) is 12.1 Å². The highest BCUT2D eigenvalue weighted by atomic mass is 19.2. The number of hydrogen-bond acceptors (Lipinski definition) is 2. The number of ether oxygens (including phenoxy) is 1. The van der Waals surface area contributed by atoms with Crippen molar-refractivity contribution in [1.29, 1.82) is 0 Å². The summed E-state index contributed by atoms with van der Waals surface area (Å²) in [4.78, 5) is 0. The molecule has 0 radical (unpaired) electrons. The van der Waals surface area contributed by atoms with Gasteiger partial charge in [0.15, 0.2) is 11.6 Å². The van der Waals surface area contributed by atoms with Gasteiger partial charge in [-0.3, -0.25) is 0 Å². The lowest BCUT2D eigenvalue weighted by Crippen LogP contribution is -2.29. The summed E-state index contributed by atoms with van der Waals surface area (Å²) in [5, 5.41) is 3.41. The molecule has 0 saturated carbocycles. The molecule has 2 rings (SSSR count). The fourth-order valence-electron chi connectivity index (χ4n) is 2.64. The zero-order chi connectivity index (χ0) is 14.4. The van der Waals surface area contributed by atoms with Gasteiger partial charge < -0.3 is 10.1 Å². The average molecular weight is 283 g/mol. The van der Waals surface area contributed by atoms with Gasteiger partial charge in [0, 0.05) is 12.6 Å². The van der Waals surface area contributed by atoms with E-state index in [1.807, 2.05) is 0 Å². The summed E-state index contributed by atoms with van der Waals surface area (Å²) in [6, 6.07) is 4.18. The SMILES string of the molecule is CCCNC(CC1CCCCO1)c1ccc(F)c(F)c1. The minimum Gasteiger partial charge on any atom is -0.378 e. The normalized spacial score (nSPS) is 20.9. The Morgan fingerprint density at radius 2 is 2.15 bits per heavy atom. The van der Waals surface area contributed by atoms with Crippen LogP contribution in [0, 0.1) is 11.6 Å². The van der Waals surface area contributed by atoms with Gasteiger partial charge in [0.25, 0.3) is 0 Å². The molecule has 1 heterocycles. The number of nitrogens with one attached hydrogen (secondary N) is 1. The summed E-state index contributed by atoms with van der Waals surface area (Å²) in [6.07, 6.45) is 5.38. The number of rotatable bonds is 6. The van der Waals surface area contributed by atoms with Crippen LogP contribution in [0.3, 0.4) is 0 Å².